The van der Waals surface area contributed by atoms with Crippen LogP contribution in [0, 0.1) is 0 Å². The Hall–Kier alpha value is -1.93. The zero-order valence-electron chi connectivity index (χ0n) is 12.7. The summed E-state index contributed by atoms with van der Waals surface area (Å²) in [7, 11) is 0. The molecule has 1 saturated heterocycles. The number of carboxylic acid groups (broad SMARTS) is 1. The highest BCUT2D eigenvalue weighted by Gasteiger charge is 2.16. The molecule has 1 fully saturated rings. The fourth-order valence-electron chi connectivity index (χ4n) is 2.34. The van der Waals surface area contributed by atoms with Crippen LogP contribution in [0.4, 0.5) is 0 Å². The molecular weight excluding hydrogens is 288 g/mol. The number of hydrogen-bond donors (Lipinski definition) is 2. The minimum Gasteiger partial charge on any atom is -0.481 e. The first kappa shape index (κ1) is 16.4. The van der Waals surface area contributed by atoms with E-state index in [1.54, 1.807) is 6.20 Å². The van der Waals surface area contributed by atoms with Crippen molar-refractivity contribution in [3.05, 3.63) is 18.0 Å². The number of carbonyl (C=O) groups excluding carboxylic acids is 1. The fraction of sp³-hybridized carbons (Fsp3) is 0.643. The average molecular weight is 310 g/mol. The van der Waals surface area contributed by atoms with Gasteiger partial charge in [0.1, 0.15) is 0 Å². The minimum atomic E-state index is -0.888. The predicted octanol–water partition coefficient (Wildman–Crippen LogP) is -0.192. The first-order valence-corrected chi connectivity index (χ1v) is 7.40. The van der Waals surface area contributed by atoms with Crippen molar-refractivity contribution in [3.63, 3.8) is 0 Å². The highest BCUT2D eigenvalue weighted by atomic mass is 16.5. The van der Waals surface area contributed by atoms with Crippen LogP contribution in [0.15, 0.2) is 12.4 Å². The Balaban J connectivity index is 1.79. The number of rotatable bonds is 7. The van der Waals surface area contributed by atoms with Crippen molar-refractivity contribution in [2.75, 3.05) is 32.8 Å². The Morgan fingerprint density at radius 1 is 1.45 bits per heavy atom. The second-order valence-corrected chi connectivity index (χ2v) is 5.42. The van der Waals surface area contributed by atoms with Crippen molar-refractivity contribution in [1.82, 2.24) is 20.0 Å². The lowest BCUT2D eigenvalue weighted by Gasteiger charge is -2.29. The molecule has 1 aliphatic heterocycles. The van der Waals surface area contributed by atoms with Crippen LogP contribution >= 0.6 is 0 Å². The van der Waals surface area contributed by atoms with Crippen LogP contribution in [0.2, 0.25) is 0 Å². The number of nitrogens with zero attached hydrogens (tertiary/aromatic N) is 3. The molecule has 0 aromatic carbocycles. The van der Waals surface area contributed by atoms with E-state index in [4.69, 9.17) is 9.84 Å². The number of aryl methyl sites for hydroxylation is 1. The standard InChI is InChI=1S/C14H22N4O4/c1-11(9-17-4-6-22-7-5-17)16-14(21)12-8-15-18(10-12)3-2-13(19)20/h8,10-11H,2-7,9H2,1H3,(H,16,21)(H,19,20). The molecule has 122 valence electrons. The maximum absolute atomic E-state index is 12.1. The van der Waals surface area contributed by atoms with Gasteiger partial charge in [0.15, 0.2) is 0 Å². The molecule has 1 amide bonds. The van der Waals surface area contributed by atoms with Gasteiger partial charge >= 0.3 is 5.97 Å². The third-order valence-corrected chi connectivity index (χ3v) is 3.46. The summed E-state index contributed by atoms with van der Waals surface area (Å²) in [5.41, 5.74) is 0.444. The van der Waals surface area contributed by atoms with E-state index in [2.05, 4.69) is 15.3 Å². The SMILES string of the molecule is CC(CN1CCOCC1)NC(=O)c1cnn(CCC(=O)O)c1. The van der Waals surface area contributed by atoms with Crippen molar-refractivity contribution in [3.8, 4) is 0 Å². The summed E-state index contributed by atoms with van der Waals surface area (Å²) in [5.74, 6) is -1.08. The van der Waals surface area contributed by atoms with E-state index < -0.39 is 5.97 Å². The average Bonchev–Trinajstić information content (AvgIpc) is 2.95. The van der Waals surface area contributed by atoms with Gasteiger partial charge in [-0.25, -0.2) is 0 Å². The first-order valence-electron chi connectivity index (χ1n) is 7.40. The summed E-state index contributed by atoms with van der Waals surface area (Å²) in [5, 5.41) is 15.6. The van der Waals surface area contributed by atoms with Gasteiger partial charge < -0.3 is 15.2 Å². The Morgan fingerprint density at radius 3 is 2.86 bits per heavy atom. The van der Waals surface area contributed by atoms with Gasteiger partial charge in [0, 0.05) is 31.9 Å². The number of morpholine rings is 1. The van der Waals surface area contributed by atoms with E-state index in [-0.39, 0.29) is 24.9 Å². The largest absolute Gasteiger partial charge is 0.481 e. The minimum absolute atomic E-state index is 0.0177. The van der Waals surface area contributed by atoms with Gasteiger partial charge in [-0.3, -0.25) is 19.2 Å². The molecule has 0 saturated carbocycles. The van der Waals surface area contributed by atoms with Gasteiger partial charge in [-0.2, -0.15) is 5.10 Å². The monoisotopic (exact) mass is 310 g/mol. The van der Waals surface area contributed by atoms with Gasteiger partial charge in [-0.15, -0.1) is 0 Å². The van der Waals surface area contributed by atoms with E-state index in [1.807, 2.05) is 6.92 Å². The summed E-state index contributed by atoms with van der Waals surface area (Å²) >= 11 is 0. The second kappa shape index (κ2) is 7.90. The van der Waals surface area contributed by atoms with E-state index >= 15 is 0 Å². The third-order valence-electron chi connectivity index (χ3n) is 3.46. The normalized spacial score (nSPS) is 17.1. The van der Waals surface area contributed by atoms with E-state index in [9.17, 15) is 9.59 Å². The Morgan fingerprint density at radius 2 is 2.18 bits per heavy atom. The topological polar surface area (TPSA) is 96.7 Å². The van der Waals surface area contributed by atoms with E-state index in [0.717, 1.165) is 32.8 Å². The molecule has 0 aliphatic carbocycles. The van der Waals surface area contributed by atoms with E-state index in [0.29, 0.717) is 5.56 Å². The number of aliphatic carboxylic acids is 1. The van der Waals surface area contributed by atoms with Gasteiger partial charge in [-0.1, -0.05) is 0 Å². The fourth-order valence-corrected chi connectivity index (χ4v) is 2.34. The maximum atomic E-state index is 12.1. The Bertz CT molecular complexity index is 511. The van der Waals surface area contributed by atoms with Crippen molar-refractivity contribution < 1.29 is 19.4 Å². The number of hydrogen-bond acceptors (Lipinski definition) is 5. The number of carboxylic acids is 1. The summed E-state index contributed by atoms with van der Waals surface area (Å²) < 4.78 is 6.76. The zero-order chi connectivity index (χ0) is 15.9. The van der Waals surface area contributed by atoms with Crippen molar-refractivity contribution >= 4 is 11.9 Å². The molecule has 0 radical (unpaired) electrons. The molecule has 0 spiro atoms. The van der Waals surface area contributed by atoms with Gasteiger partial charge in [0.2, 0.25) is 0 Å². The summed E-state index contributed by atoms with van der Waals surface area (Å²) in [6.45, 7) is 6.23. The molecule has 2 N–H and O–H groups in total. The molecule has 2 rings (SSSR count). The lowest BCUT2D eigenvalue weighted by atomic mass is 10.2. The molecule has 8 heteroatoms. The zero-order valence-corrected chi connectivity index (χ0v) is 12.7. The molecule has 1 aliphatic rings. The van der Waals surface area contributed by atoms with Gasteiger partial charge in [-0.05, 0) is 6.92 Å². The van der Waals surface area contributed by atoms with Gasteiger partial charge in [0.25, 0.3) is 5.91 Å². The molecule has 1 aromatic heterocycles. The molecule has 1 unspecified atom stereocenters. The molecule has 2 heterocycles. The smallest absolute Gasteiger partial charge is 0.305 e. The van der Waals surface area contributed by atoms with E-state index in [1.165, 1.54) is 10.9 Å². The van der Waals surface area contributed by atoms with Crippen LogP contribution in [0.5, 0.6) is 0 Å². The summed E-state index contributed by atoms with van der Waals surface area (Å²) in [6.07, 6.45) is 3.01. The lowest BCUT2D eigenvalue weighted by molar-refractivity contribution is -0.137. The second-order valence-electron chi connectivity index (χ2n) is 5.42. The number of carbonyl (C=O) groups is 2. The quantitative estimate of drug-likeness (QED) is 0.724. The highest BCUT2D eigenvalue weighted by molar-refractivity contribution is 5.93. The summed E-state index contributed by atoms with van der Waals surface area (Å²) in [4.78, 5) is 24.9. The van der Waals surface area contributed by atoms with Crippen LogP contribution in [0.3, 0.4) is 0 Å². The van der Waals surface area contributed by atoms with Crippen LogP contribution in [-0.2, 0) is 16.1 Å². The van der Waals surface area contributed by atoms with Crippen molar-refractivity contribution in [1.29, 1.82) is 0 Å². The molecule has 1 atom stereocenters. The molecule has 0 bridgehead atoms. The van der Waals surface area contributed by atoms with Crippen molar-refractivity contribution in [2.45, 2.75) is 25.9 Å². The number of amides is 1. The highest BCUT2D eigenvalue weighted by Crippen LogP contribution is 2.02. The maximum Gasteiger partial charge on any atom is 0.305 e. The van der Waals surface area contributed by atoms with Crippen LogP contribution in [0.1, 0.15) is 23.7 Å². The molecule has 8 nitrogen and oxygen atoms in total. The van der Waals surface area contributed by atoms with Crippen LogP contribution in [0.25, 0.3) is 0 Å². The van der Waals surface area contributed by atoms with Gasteiger partial charge in [0.05, 0.1) is 37.9 Å². The molecule has 22 heavy (non-hydrogen) atoms. The molecular formula is C14H22N4O4. The third kappa shape index (κ3) is 5.12. The Labute approximate surface area is 129 Å². The number of aromatic nitrogens is 2. The number of nitrogens with one attached hydrogen (secondary N) is 1. The van der Waals surface area contributed by atoms with Crippen LogP contribution < -0.4 is 5.32 Å². The lowest BCUT2D eigenvalue weighted by Crippen LogP contribution is -2.45. The molecule has 1 aromatic rings. The predicted molar refractivity (Wildman–Crippen MR) is 78.7 cm³/mol. The first-order chi connectivity index (χ1) is 10.5. The van der Waals surface area contributed by atoms with Crippen molar-refractivity contribution in [2.24, 2.45) is 0 Å². The summed E-state index contributed by atoms with van der Waals surface area (Å²) in [6, 6.07) is 0.0213. The van der Waals surface area contributed by atoms with Crippen LogP contribution in [-0.4, -0.2) is 70.6 Å². The number of ether oxygens (including phenoxy) is 1. The Kier molecular flexibility index (Phi) is 5.91.